The number of imide groups is 1. The first-order chi connectivity index (χ1) is 18.4. The Bertz CT molecular complexity index is 1410. The molecule has 4 heterocycles. The van der Waals surface area contributed by atoms with Crippen molar-refractivity contribution in [1.29, 1.82) is 0 Å². The first-order valence-corrected chi connectivity index (χ1v) is 12.9. The number of benzene rings is 2. The van der Waals surface area contributed by atoms with E-state index in [0.717, 1.165) is 66.3 Å². The molecule has 10 nitrogen and oxygen atoms in total. The van der Waals surface area contributed by atoms with Crippen molar-refractivity contribution in [2.45, 2.75) is 19.0 Å². The Morgan fingerprint density at radius 2 is 1.84 bits per heavy atom. The van der Waals surface area contributed by atoms with Crippen LogP contribution in [0.3, 0.4) is 0 Å². The van der Waals surface area contributed by atoms with Gasteiger partial charge in [0.15, 0.2) is 6.04 Å². The van der Waals surface area contributed by atoms with Crippen molar-refractivity contribution in [2.75, 3.05) is 53.0 Å². The lowest BCUT2D eigenvalue weighted by atomic mass is 9.97. The zero-order chi connectivity index (χ0) is 26.4. The fourth-order valence-corrected chi connectivity index (χ4v) is 5.75. The second kappa shape index (κ2) is 9.77. The summed E-state index contributed by atoms with van der Waals surface area (Å²) in [6.07, 6.45) is 0.636. The predicted molar refractivity (Wildman–Crippen MR) is 139 cm³/mol. The number of ether oxygens (including phenoxy) is 2. The number of morpholine rings is 1. The molecule has 0 aliphatic carbocycles. The van der Waals surface area contributed by atoms with E-state index in [1.54, 1.807) is 29.2 Å². The lowest BCUT2D eigenvalue weighted by Crippen LogP contribution is -2.38. The summed E-state index contributed by atoms with van der Waals surface area (Å²) in [4.78, 5) is 42.5. The van der Waals surface area contributed by atoms with E-state index in [9.17, 15) is 19.5 Å². The standard InChI is InChI=1S/C28H30N4O6/c1-29-26(33)25-24-21(8-9-31(25)28(29)36)22-16-20(38-15-12-30-10-13-37-14-11-30)6-7-23(22)32(24)17-18-2-4-19(5-3-18)27(34)35/h2-7,16,25H,8-15,17H2,1H3,(H,34,35). The molecule has 1 unspecified atom stereocenters. The van der Waals surface area contributed by atoms with Crippen molar-refractivity contribution in [3.63, 3.8) is 0 Å². The van der Waals surface area contributed by atoms with E-state index in [2.05, 4.69) is 9.47 Å². The predicted octanol–water partition coefficient (Wildman–Crippen LogP) is 2.59. The van der Waals surface area contributed by atoms with Crippen LogP contribution in [0.1, 0.15) is 33.2 Å². The van der Waals surface area contributed by atoms with Gasteiger partial charge in [0.1, 0.15) is 12.4 Å². The summed E-state index contributed by atoms with van der Waals surface area (Å²) in [5, 5.41) is 10.3. The van der Waals surface area contributed by atoms with Gasteiger partial charge in [0, 0.05) is 50.7 Å². The van der Waals surface area contributed by atoms with E-state index in [4.69, 9.17) is 9.47 Å². The van der Waals surface area contributed by atoms with Gasteiger partial charge in [-0.25, -0.2) is 9.59 Å². The Labute approximate surface area is 219 Å². The second-order valence-electron chi connectivity index (χ2n) is 9.96. The van der Waals surface area contributed by atoms with Crippen LogP contribution >= 0.6 is 0 Å². The maximum Gasteiger partial charge on any atom is 0.335 e. The summed E-state index contributed by atoms with van der Waals surface area (Å²) in [6.45, 7) is 5.63. The summed E-state index contributed by atoms with van der Waals surface area (Å²) in [5.41, 5.74) is 3.95. The molecule has 2 fully saturated rings. The van der Waals surface area contributed by atoms with Crippen molar-refractivity contribution in [1.82, 2.24) is 19.3 Å². The first-order valence-electron chi connectivity index (χ1n) is 12.9. The summed E-state index contributed by atoms with van der Waals surface area (Å²) in [7, 11) is 1.53. The Morgan fingerprint density at radius 1 is 1.08 bits per heavy atom. The number of likely N-dealkylation sites (N-methyl/N-ethyl adjacent to an activating group) is 1. The van der Waals surface area contributed by atoms with Crippen molar-refractivity contribution in [3.05, 3.63) is 64.8 Å². The van der Waals surface area contributed by atoms with Gasteiger partial charge in [-0.3, -0.25) is 14.6 Å². The van der Waals surface area contributed by atoms with E-state index in [-0.39, 0.29) is 17.5 Å². The first kappa shape index (κ1) is 24.4. The second-order valence-corrected chi connectivity index (χ2v) is 9.96. The minimum atomic E-state index is -0.977. The van der Waals surface area contributed by atoms with Gasteiger partial charge in [-0.1, -0.05) is 12.1 Å². The topological polar surface area (TPSA) is 105 Å². The van der Waals surface area contributed by atoms with Gasteiger partial charge in [0.25, 0.3) is 5.91 Å². The maximum absolute atomic E-state index is 13.2. The van der Waals surface area contributed by atoms with Crippen LogP contribution in [0, 0.1) is 0 Å². The summed E-state index contributed by atoms with van der Waals surface area (Å²) < 4.78 is 13.6. The molecule has 0 saturated carbocycles. The van der Waals surface area contributed by atoms with Gasteiger partial charge in [0.05, 0.1) is 24.5 Å². The SMILES string of the molecule is CN1C(=O)C2c3c(c4cc(OCCN5CCOCC5)ccc4n3Cc3ccc(C(=O)O)cc3)CCN2C1=O. The van der Waals surface area contributed by atoms with E-state index >= 15 is 0 Å². The van der Waals surface area contributed by atoms with Gasteiger partial charge in [0.2, 0.25) is 0 Å². The number of carboxylic acid groups (broad SMARTS) is 1. The zero-order valence-corrected chi connectivity index (χ0v) is 21.3. The number of carbonyl (C=O) groups excluding carboxylic acids is 2. The van der Waals surface area contributed by atoms with Gasteiger partial charge in [-0.15, -0.1) is 0 Å². The monoisotopic (exact) mass is 518 g/mol. The normalized spacial score (nSPS) is 19.7. The molecule has 38 heavy (non-hydrogen) atoms. The molecule has 3 aliphatic heterocycles. The number of hydrogen-bond acceptors (Lipinski definition) is 6. The number of rotatable bonds is 7. The molecule has 1 atom stereocenters. The highest BCUT2D eigenvalue weighted by atomic mass is 16.5. The quantitative estimate of drug-likeness (QED) is 0.480. The van der Waals surface area contributed by atoms with E-state index < -0.39 is 12.0 Å². The molecule has 1 N–H and O–H groups in total. The lowest BCUT2D eigenvalue weighted by Gasteiger charge is -2.29. The average molecular weight is 519 g/mol. The van der Waals surface area contributed by atoms with E-state index in [0.29, 0.717) is 26.1 Å². The molecule has 2 aromatic carbocycles. The molecule has 10 heteroatoms. The number of urea groups is 1. The highest BCUT2D eigenvalue weighted by Gasteiger charge is 2.48. The van der Waals surface area contributed by atoms with E-state index in [1.807, 2.05) is 18.2 Å². The molecule has 198 valence electrons. The number of fused-ring (bicyclic) bond motifs is 5. The molecular weight excluding hydrogens is 488 g/mol. The smallest absolute Gasteiger partial charge is 0.335 e. The minimum Gasteiger partial charge on any atom is -0.492 e. The number of carboxylic acids is 1. The van der Waals surface area contributed by atoms with E-state index in [1.165, 1.54) is 11.9 Å². The summed E-state index contributed by atoms with van der Waals surface area (Å²) in [6, 6.07) is 11.8. The van der Waals surface area contributed by atoms with Crippen LogP contribution in [0.2, 0.25) is 0 Å². The summed E-state index contributed by atoms with van der Waals surface area (Å²) in [5.74, 6) is -0.441. The van der Waals surface area contributed by atoms with Crippen LogP contribution in [0.15, 0.2) is 42.5 Å². The molecule has 1 aromatic heterocycles. The van der Waals surface area contributed by atoms with Gasteiger partial charge < -0.3 is 24.0 Å². The van der Waals surface area contributed by atoms with Crippen LogP contribution < -0.4 is 4.74 Å². The lowest BCUT2D eigenvalue weighted by molar-refractivity contribution is -0.127. The number of aromatic carboxylic acids is 1. The fourth-order valence-electron chi connectivity index (χ4n) is 5.75. The molecule has 3 amide bonds. The third-order valence-corrected chi connectivity index (χ3v) is 7.78. The molecule has 0 bridgehead atoms. The maximum atomic E-state index is 13.2. The highest BCUT2D eigenvalue weighted by molar-refractivity contribution is 6.05. The highest BCUT2D eigenvalue weighted by Crippen LogP contribution is 2.42. The van der Waals surface area contributed by atoms with Crippen molar-refractivity contribution in [2.24, 2.45) is 0 Å². The van der Waals surface area contributed by atoms with Crippen LogP contribution in [-0.2, 0) is 22.5 Å². The van der Waals surface area contributed by atoms with Crippen molar-refractivity contribution in [3.8, 4) is 5.75 Å². The number of hydrogen-bond donors (Lipinski definition) is 1. The number of carbonyl (C=O) groups is 3. The number of aromatic nitrogens is 1. The third kappa shape index (κ3) is 4.19. The number of nitrogens with zero attached hydrogens (tertiary/aromatic N) is 4. The minimum absolute atomic E-state index is 0.219. The van der Waals surface area contributed by atoms with Gasteiger partial charge in [-0.2, -0.15) is 0 Å². The van der Waals surface area contributed by atoms with Gasteiger partial charge >= 0.3 is 12.0 Å². The Morgan fingerprint density at radius 3 is 2.58 bits per heavy atom. The fraction of sp³-hybridized carbons (Fsp3) is 0.393. The average Bonchev–Trinajstić information content (AvgIpc) is 3.36. The Hall–Kier alpha value is -3.89. The summed E-state index contributed by atoms with van der Waals surface area (Å²) >= 11 is 0. The van der Waals surface area contributed by atoms with Crippen LogP contribution in [-0.4, -0.2) is 95.3 Å². The number of amides is 3. The molecule has 2 saturated heterocycles. The van der Waals surface area contributed by atoms with Crippen molar-refractivity contribution >= 4 is 28.8 Å². The van der Waals surface area contributed by atoms with Crippen LogP contribution in [0.25, 0.3) is 10.9 Å². The Balaban J connectivity index is 1.36. The molecule has 0 spiro atoms. The largest absolute Gasteiger partial charge is 0.492 e. The third-order valence-electron chi connectivity index (χ3n) is 7.78. The molecule has 6 rings (SSSR count). The van der Waals surface area contributed by atoms with Crippen LogP contribution in [0.4, 0.5) is 4.79 Å². The molecule has 0 radical (unpaired) electrons. The van der Waals surface area contributed by atoms with Gasteiger partial charge in [-0.05, 0) is 47.9 Å². The molecular formula is C28H30N4O6. The Kier molecular flexibility index (Phi) is 6.29. The zero-order valence-electron chi connectivity index (χ0n) is 21.3. The molecule has 3 aromatic rings. The molecule has 3 aliphatic rings. The van der Waals surface area contributed by atoms with Crippen molar-refractivity contribution < 1.29 is 29.0 Å². The van der Waals surface area contributed by atoms with Crippen LogP contribution in [0.5, 0.6) is 5.75 Å².